The summed E-state index contributed by atoms with van der Waals surface area (Å²) in [7, 11) is 0. The van der Waals surface area contributed by atoms with Gasteiger partial charge in [0.2, 0.25) is 0 Å². The van der Waals surface area contributed by atoms with Crippen LogP contribution in [0.4, 0.5) is 0 Å². The van der Waals surface area contributed by atoms with Crippen molar-refractivity contribution in [2.75, 3.05) is 13.2 Å². The van der Waals surface area contributed by atoms with Gasteiger partial charge < -0.3 is 10.5 Å². The first-order valence-corrected chi connectivity index (χ1v) is 6.46. The van der Waals surface area contributed by atoms with Gasteiger partial charge in [0.1, 0.15) is 0 Å². The van der Waals surface area contributed by atoms with Crippen LogP contribution in [-0.2, 0) is 11.3 Å². The summed E-state index contributed by atoms with van der Waals surface area (Å²) in [4.78, 5) is 0. The minimum absolute atomic E-state index is 0.277. The maximum Gasteiger partial charge on any atom is 0.0716 e. The molecule has 0 aliphatic rings. The Morgan fingerprint density at radius 1 is 1.12 bits per heavy atom. The van der Waals surface area contributed by atoms with E-state index in [1.165, 1.54) is 18.4 Å². The average Bonchev–Trinajstić information content (AvgIpc) is 2.35. The van der Waals surface area contributed by atoms with E-state index in [1.807, 2.05) is 18.2 Å². The number of nitrogens with two attached hydrogens (primary N) is 1. The number of unbranched alkanes of at least 4 members (excludes halogenated alkanes) is 1. The fraction of sp³-hybridized carbons (Fsp3) is 0.600. The molecule has 0 radical (unpaired) electrons. The first-order valence-electron chi connectivity index (χ1n) is 6.46. The molecule has 0 saturated carbocycles. The molecule has 0 atom stereocenters. The van der Waals surface area contributed by atoms with Crippen LogP contribution in [-0.4, -0.2) is 13.2 Å². The molecule has 2 N–H and O–H groups in total. The summed E-state index contributed by atoms with van der Waals surface area (Å²) in [5, 5.41) is 0. The molecule has 0 spiro atoms. The Bertz CT molecular complexity index is 295. The van der Waals surface area contributed by atoms with Gasteiger partial charge in [0.25, 0.3) is 0 Å². The molecule has 0 amide bonds. The molecule has 0 unspecified atom stereocenters. The van der Waals surface area contributed by atoms with E-state index >= 15 is 0 Å². The lowest BCUT2D eigenvalue weighted by molar-refractivity contribution is 0.114. The van der Waals surface area contributed by atoms with Crippen molar-refractivity contribution in [1.82, 2.24) is 0 Å². The summed E-state index contributed by atoms with van der Waals surface area (Å²) in [6.45, 7) is 6.77. The minimum atomic E-state index is 0.277. The molecule has 2 nitrogen and oxygen atoms in total. The van der Waals surface area contributed by atoms with Crippen LogP contribution in [0, 0.1) is 5.41 Å². The third kappa shape index (κ3) is 6.44. The Hall–Kier alpha value is -0.860. The van der Waals surface area contributed by atoms with Gasteiger partial charge in [0, 0.05) is 6.61 Å². The number of rotatable bonds is 8. The Morgan fingerprint density at radius 2 is 1.82 bits per heavy atom. The first-order chi connectivity index (χ1) is 8.14. The van der Waals surface area contributed by atoms with Crippen LogP contribution in [0.3, 0.4) is 0 Å². The number of ether oxygens (including phenoxy) is 1. The summed E-state index contributed by atoms with van der Waals surface area (Å²) < 4.78 is 5.64. The van der Waals surface area contributed by atoms with E-state index in [1.54, 1.807) is 0 Å². The van der Waals surface area contributed by atoms with Crippen LogP contribution >= 0.6 is 0 Å². The molecule has 1 aromatic rings. The Balaban J connectivity index is 2.02. The molecule has 96 valence electrons. The second-order valence-corrected chi connectivity index (χ2v) is 5.36. The van der Waals surface area contributed by atoms with Crippen molar-refractivity contribution in [3.05, 3.63) is 35.9 Å². The van der Waals surface area contributed by atoms with Crippen molar-refractivity contribution in [1.29, 1.82) is 0 Å². The van der Waals surface area contributed by atoms with E-state index < -0.39 is 0 Å². The lowest BCUT2D eigenvalue weighted by Crippen LogP contribution is -2.23. The molecule has 17 heavy (non-hydrogen) atoms. The van der Waals surface area contributed by atoms with Crippen molar-refractivity contribution in [3.8, 4) is 0 Å². The van der Waals surface area contributed by atoms with Gasteiger partial charge in [-0.05, 0) is 30.4 Å². The van der Waals surface area contributed by atoms with Crippen molar-refractivity contribution in [2.45, 2.75) is 39.7 Å². The van der Waals surface area contributed by atoms with E-state index in [4.69, 9.17) is 10.5 Å². The minimum Gasteiger partial charge on any atom is -0.377 e. The molecule has 1 rings (SSSR count). The quantitative estimate of drug-likeness (QED) is 0.701. The predicted octanol–water partition coefficient (Wildman–Crippen LogP) is 3.36. The molecule has 0 aliphatic carbocycles. The van der Waals surface area contributed by atoms with Gasteiger partial charge in [0.05, 0.1) is 6.61 Å². The summed E-state index contributed by atoms with van der Waals surface area (Å²) >= 11 is 0. The predicted molar refractivity (Wildman–Crippen MR) is 72.8 cm³/mol. The largest absolute Gasteiger partial charge is 0.377 e. The molecule has 0 fully saturated rings. The molecule has 0 bridgehead atoms. The summed E-state index contributed by atoms with van der Waals surface area (Å²) in [6, 6.07) is 10.3. The zero-order valence-electron chi connectivity index (χ0n) is 11.1. The highest BCUT2D eigenvalue weighted by Crippen LogP contribution is 2.21. The molecular weight excluding hydrogens is 210 g/mol. The van der Waals surface area contributed by atoms with Crippen LogP contribution < -0.4 is 5.73 Å². The maximum atomic E-state index is 5.69. The van der Waals surface area contributed by atoms with E-state index in [9.17, 15) is 0 Å². The van der Waals surface area contributed by atoms with E-state index in [-0.39, 0.29) is 5.41 Å². The van der Waals surface area contributed by atoms with Gasteiger partial charge in [-0.3, -0.25) is 0 Å². The van der Waals surface area contributed by atoms with Crippen LogP contribution in [0.5, 0.6) is 0 Å². The molecule has 0 heterocycles. The lowest BCUT2D eigenvalue weighted by atomic mass is 9.87. The smallest absolute Gasteiger partial charge is 0.0716 e. The molecule has 0 aliphatic heterocycles. The second-order valence-electron chi connectivity index (χ2n) is 5.36. The van der Waals surface area contributed by atoms with Crippen LogP contribution in [0.2, 0.25) is 0 Å². The summed E-state index contributed by atoms with van der Waals surface area (Å²) in [6.07, 6.45) is 3.49. The number of hydrogen-bond donors (Lipinski definition) is 1. The second kappa shape index (κ2) is 7.46. The molecule has 2 heteroatoms. The van der Waals surface area contributed by atoms with Gasteiger partial charge in [-0.2, -0.15) is 0 Å². The highest BCUT2D eigenvalue weighted by Gasteiger charge is 2.14. The highest BCUT2D eigenvalue weighted by molar-refractivity contribution is 5.13. The van der Waals surface area contributed by atoms with Crippen molar-refractivity contribution in [2.24, 2.45) is 11.1 Å². The van der Waals surface area contributed by atoms with Crippen molar-refractivity contribution in [3.63, 3.8) is 0 Å². The van der Waals surface area contributed by atoms with Crippen LogP contribution in [0.25, 0.3) is 0 Å². The zero-order valence-corrected chi connectivity index (χ0v) is 11.1. The Kier molecular flexibility index (Phi) is 6.23. The number of benzene rings is 1. The van der Waals surface area contributed by atoms with E-state index in [0.29, 0.717) is 0 Å². The molecular formula is C15H25NO. The summed E-state index contributed by atoms with van der Waals surface area (Å²) in [5.74, 6) is 0. The van der Waals surface area contributed by atoms with Crippen molar-refractivity contribution >= 4 is 0 Å². The fourth-order valence-corrected chi connectivity index (χ4v) is 1.67. The molecule has 0 aromatic heterocycles. The standard InChI is InChI=1S/C15H25NO/c1-15(2,13-16)10-6-7-11-17-12-14-8-4-3-5-9-14/h3-5,8-9H,6-7,10-13,16H2,1-2H3. The van der Waals surface area contributed by atoms with Crippen molar-refractivity contribution < 1.29 is 4.74 Å². The SMILES string of the molecule is CC(C)(CN)CCCCOCc1ccccc1. The Labute approximate surface area is 105 Å². The van der Waals surface area contributed by atoms with Gasteiger partial charge in [-0.1, -0.05) is 50.6 Å². The molecule has 1 aromatic carbocycles. The lowest BCUT2D eigenvalue weighted by Gasteiger charge is -2.21. The topological polar surface area (TPSA) is 35.2 Å². The highest BCUT2D eigenvalue weighted by atomic mass is 16.5. The van der Waals surface area contributed by atoms with Gasteiger partial charge in [0.15, 0.2) is 0 Å². The van der Waals surface area contributed by atoms with E-state index in [0.717, 1.165) is 26.2 Å². The van der Waals surface area contributed by atoms with Gasteiger partial charge >= 0.3 is 0 Å². The zero-order chi connectivity index (χ0) is 12.6. The van der Waals surface area contributed by atoms with E-state index in [2.05, 4.69) is 26.0 Å². The maximum absolute atomic E-state index is 5.69. The van der Waals surface area contributed by atoms with Crippen LogP contribution in [0.15, 0.2) is 30.3 Å². The van der Waals surface area contributed by atoms with Crippen LogP contribution in [0.1, 0.15) is 38.7 Å². The third-order valence-electron chi connectivity index (χ3n) is 3.06. The summed E-state index contributed by atoms with van der Waals surface area (Å²) in [5.41, 5.74) is 7.21. The van der Waals surface area contributed by atoms with Gasteiger partial charge in [-0.25, -0.2) is 0 Å². The van der Waals surface area contributed by atoms with Gasteiger partial charge in [-0.15, -0.1) is 0 Å². The normalized spacial score (nSPS) is 11.7. The average molecular weight is 235 g/mol. The monoisotopic (exact) mass is 235 g/mol. The third-order valence-corrected chi connectivity index (χ3v) is 3.06. The number of hydrogen-bond acceptors (Lipinski definition) is 2. The first kappa shape index (κ1) is 14.2. The fourth-order valence-electron chi connectivity index (χ4n) is 1.67. The molecule has 0 saturated heterocycles. The Morgan fingerprint density at radius 3 is 2.47 bits per heavy atom.